The molecule has 0 spiro atoms. The van der Waals surface area contributed by atoms with Gasteiger partial charge in [0.05, 0.1) is 12.2 Å². The van der Waals surface area contributed by atoms with Gasteiger partial charge in [0.15, 0.2) is 0 Å². The van der Waals surface area contributed by atoms with E-state index in [1.165, 1.54) is 5.56 Å². The zero-order chi connectivity index (χ0) is 16.5. The Morgan fingerprint density at radius 1 is 1.04 bits per heavy atom. The number of allylic oxidation sites excluding steroid dienone is 2. The van der Waals surface area contributed by atoms with Crippen LogP contribution in [0.4, 0.5) is 0 Å². The molecule has 0 saturated heterocycles. The molecule has 0 radical (unpaired) electrons. The molecule has 0 aliphatic carbocycles. The molecule has 0 aromatic heterocycles. The zero-order valence-corrected chi connectivity index (χ0v) is 13.2. The molecule has 0 aliphatic heterocycles. The van der Waals surface area contributed by atoms with Gasteiger partial charge in [-0.3, -0.25) is 4.79 Å². The van der Waals surface area contributed by atoms with Crippen molar-refractivity contribution in [2.75, 3.05) is 6.61 Å². The van der Waals surface area contributed by atoms with Gasteiger partial charge >= 0.3 is 5.97 Å². The molecule has 2 aromatic rings. The number of ether oxygens (including phenoxy) is 1. The summed E-state index contributed by atoms with van der Waals surface area (Å²) in [6.07, 6.45) is 4.37. The molecule has 0 bridgehead atoms. The summed E-state index contributed by atoms with van der Waals surface area (Å²) in [5.41, 5.74) is 3.01. The fraction of sp³-hybridized carbons (Fsp3) is 0.200. The van der Waals surface area contributed by atoms with Crippen molar-refractivity contribution in [1.29, 1.82) is 0 Å². The van der Waals surface area contributed by atoms with Gasteiger partial charge in [0.25, 0.3) is 0 Å². The van der Waals surface area contributed by atoms with Crippen LogP contribution in [0.3, 0.4) is 0 Å². The minimum atomic E-state index is -0.371. The molecule has 0 aliphatic rings. The molecule has 23 heavy (non-hydrogen) atoms. The highest BCUT2D eigenvalue weighted by molar-refractivity contribution is 6.07. The van der Waals surface area contributed by atoms with Gasteiger partial charge in [-0.25, -0.2) is 4.79 Å². The summed E-state index contributed by atoms with van der Waals surface area (Å²) in [6, 6.07) is 17.1. The van der Waals surface area contributed by atoms with Crippen LogP contribution in [0.25, 0.3) is 5.57 Å². The van der Waals surface area contributed by atoms with Gasteiger partial charge in [-0.05, 0) is 43.0 Å². The first-order valence-electron chi connectivity index (χ1n) is 7.71. The van der Waals surface area contributed by atoms with Crippen molar-refractivity contribution in [1.82, 2.24) is 0 Å². The first kappa shape index (κ1) is 16.7. The van der Waals surface area contributed by atoms with Crippen LogP contribution < -0.4 is 0 Å². The third kappa shape index (κ3) is 4.92. The highest BCUT2D eigenvalue weighted by atomic mass is 16.5. The lowest BCUT2D eigenvalue weighted by Crippen LogP contribution is -2.05. The molecular weight excluding hydrogens is 288 g/mol. The highest BCUT2D eigenvalue weighted by Gasteiger charge is 2.08. The monoisotopic (exact) mass is 308 g/mol. The first-order valence-corrected chi connectivity index (χ1v) is 7.71. The molecular formula is C20H20O3. The fourth-order valence-corrected chi connectivity index (χ4v) is 2.31. The topological polar surface area (TPSA) is 43.4 Å². The summed E-state index contributed by atoms with van der Waals surface area (Å²) in [5.74, 6) is -0.371. The van der Waals surface area contributed by atoms with Crippen LogP contribution in [0.5, 0.6) is 0 Å². The van der Waals surface area contributed by atoms with Crippen molar-refractivity contribution in [2.45, 2.75) is 19.8 Å². The van der Waals surface area contributed by atoms with E-state index in [1.807, 2.05) is 30.3 Å². The lowest BCUT2D eigenvalue weighted by atomic mass is 10.0. The average molecular weight is 308 g/mol. The summed E-state index contributed by atoms with van der Waals surface area (Å²) in [4.78, 5) is 23.1. The molecule has 2 rings (SSSR count). The Kier molecular flexibility index (Phi) is 6.30. The van der Waals surface area contributed by atoms with E-state index in [2.05, 4.69) is 12.1 Å². The summed E-state index contributed by atoms with van der Waals surface area (Å²) in [5, 5.41) is 0. The van der Waals surface area contributed by atoms with E-state index in [4.69, 9.17) is 4.74 Å². The number of carbonyl (C=O) groups is 2. The van der Waals surface area contributed by atoms with Crippen molar-refractivity contribution in [3.05, 3.63) is 77.4 Å². The molecule has 118 valence electrons. The fourth-order valence-electron chi connectivity index (χ4n) is 2.31. The molecule has 0 heterocycles. The quantitative estimate of drug-likeness (QED) is 0.440. The summed E-state index contributed by atoms with van der Waals surface area (Å²) < 4.78 is 4.99. The first-order chi connectivity index (χ1) is 11.2. The van der Waals surface area contributed by atoms with Crippen LogP contribution in [0, 0.1) is 0 Å². The number of benzene rings is 2. The van der Waals surface area contributed by atoms with Crippen LogP contribution in [0.1, 0.15) is 34.8 Å². The summed E-state index contributed by atoms with van der Waals surface area (Å²) in [6.45, 7) is 2.10. The summed E-state index contributed by atoms with van der Waals surface area (Å²) in [7, 11) is 0. The van der Waals surface area contributed by atoms with Gasteiger partial charge in [0.1, 0.15) is 6.29 Å². The molecule has 0 N–H and O–H groups in total. The number of aryl methyl sites for hydroxylation is 1. The van der Waals surface area contributed by atoms with Gasteiger partial charge in [-0.2, -0.15) is 0 Å². The molecule has 2 aromatic carbocycles. The van der Waals surface area contributed by atoms with Gasteiger partial charge < -0.3 is 4.74 Å². The van der Waals surface area contributed by atoms with Gasteiger partial charge in [0, 0.05) is 5.57 Å². The van der Waals surface area contributed by atoms with E-state index in [9.17, 15) is 9.59 Å². The van der Waals surface area contributed by atoms with Crippen molar-refractivity contribution in [3.8, 4) is 0 Å². The normalized spacial score (nSPS) is 11.1. The molecule has 0 saturated carbocycles. The van der Waals surface area contributed by atoms with Crippen molar-refractivity contribution < 1.29 is 14.3 Å². The molecule has 0 unspecified atom stereocenters. The minimum absolute atomic E-state index is 0.330. The van der Waals surface area contributed by atoms with E-state index < -0.39 is 0 Å². The number of esters is 1. The standard InChI is InChI=1S/C20H20O3/c1-2-23-20(22)18-12-7-11-17(14-18)19(15-21)13-6-10-16-8-4-3-5-9-16/h3-5,7-9,11-15H,2,6,10H2,1H3. The van der Waals surface area contributed by atoms with Crippen molar-refractivity contribution in [3.63, 3.8) is 0 Å². The second-order valence-electron chi connectivity index (χ2n) is 5.10. The number of hydrogen-bond acceptors (Lipinski definition) is 3. The Bertz CT molecular complexity index is 687. The minimum Gasteiger partial charge on any atom is -0.462 e. The lowest BCUT2D eigenvalue weighted by Gasteiger charge is -2.05. The number of hydrogen-bond donors (Lipinski definition) is 0. The Balaban J connectivity index is 2.10. The highest BCUT2D eigenvalue weighted by Crippen LogP contribution is 2.16. The molecule has 3 nitrogen and oxygen atoms in total. The van der Waals surface area contributed by atoms with Crippen molar-refractivity contribution >= 4 is 17.8 Å². The maximum absolute atomic E-state index is 11.8. The third-order valence-electron chi connectivity index (χ3n) is 3.47. The number of carbonyl (C=O) groups excluding carboxylic acids is 2. The SMILES string of the molecule is CCOC(=O)c1cccc(C(C=O)=CCCc2ccccc2)c1. The number of aldehydes is 1. The molecule has 0 atom stereocenters. The smallest absolute Gasteiger partial charge is 0.338 e. The Labute approximate surface area is 136 Å². The average Bonchev–Trinajstić information content (AvgIpc) is 2.60. The van der Waals surface area contributed by atoms with Crippen LogP contribution >= 0.6 is 0 Å². The van der Waals surface area contributed by atoms with E-state index in [0.717, 1.165) is 24.7 Å². The second-order valence-corrected chi connectivity index (χ2v) is 5.10. The Morgan fingerprint density at radius 2 is 1.78 bits per heavy atom. The summed E-state index contributed by atoms with van der Waals surface area (Å²) >= 11 is 0. The maximum atomic E-state index is 11.8. The van der Waals surface area contributed by atoms with E-state index in [1.54, 1.807) is 25.1 Å². The Morgan fingerprint density at radius 3 is 2.48 bits per heavy atom. The van der Waals surface area contributed by atoms with E-state index in [0.29, 0.717) is 17.7 Å². The predicted molar refractivity (Wildman–Crippen MR) is 91.2 cm³/mol. The predicted octanol–water partition coefficient (Wildman–Crippen LogP) is 4.08. The van der Waals surface area contributed by atoms with Crippen molar-refractivity contribution in [2.24, 2.45) is 0 Å². The van der Waals surface area contributed by atoms with Gasteiger partial charge in [-0.1, -0.05) is 48.5 Å². The molecule has 3 heteroatoms. The van der Waals surface area contributed by atoms with Crippen LogP contribution in [0.15, 0.2) is 60.7 Å². The molecule has 0 fully saturated rings. The van der Waals surface area contributed by atoms with E-state index in [-0.39, 0.29) is 5.97 Å². The van der Waals surface area contributed by atoms with Gasteiger partial charge in [-0.15, -0.1) is 0 Å². The number of rotatable bonds is 7. The second kappa shape index (κ2) is 8.69. The van der Waals surface area contributed by atoms with Crippen LogP contribution in [0.2, 0.25) is 0 Å². The largest absolute Gasteiger partial charge is 0.462 e. The van der Waals surface area contributed by atoms with Crippen LogP contribution in [-0.2, 0) is 16.0 Å². The van der Waals surface area contributed by atoms with Crippen LogP contribution in [-0.4, -0.2) is 18.9 Å². The zero-order valence-electron chi connectivity index (χ0n) is 13.2. The molecule has 0 amide bonds. The maximum Gasteiger partial charge on any atom is 0.338 e. The van der Waals surface area contributed by atoms with Gasteiger partial charge in [0.2, 0.25) is 0 Å². The third-order valence-corrected chi connectivity index (χ3v) is 3.47. The van der Waals surface area contributed by atoms with E-state index >= 15 is 0 Å². The lowest BCUT2D eigenvalue weighted by molar-refractivity contribution is -0.103. The Hall–Kier alpha value is -2.68.